The minimum atomic E-state index is -0.118. The summed E-state index contributed by atoms with van der Waals surface area (Å²) in [5, 5.41) is 9.40. The molecule has 0 N–H and O–H groups in total. The number of halogens is 1. The van der Waals surface area contributed by atoms with Gasteiger partial charge in [0.05, 0.1) is 11.6 Å². The van der Waals surface area contributed by atoms with Gasteiger partial charge in [0.25, 0.3) is 0 Å². The summed E-state index contributed by atoms with van der Waals surface area (Å²) in [7, 11) is 0. The normalized spacial score (nSPS) is 13.0. The second-order valence-electron chi connectivity index (χ2n) is 5.08. The Labute approximate surface area is 139 Å². The van der Waals surface area contributed by atoms with Crippen LogP contribution in [0.3, 0.4) is 0 Å². The fraction of sp³-hybridized carbons (Fsp3) is 0.0526. The number of fused-ring (bicyclic) bond motifs is 1. The Morgan fingerprint density at radius 2 is 2.00 bits per heavy atom. The molecule has 0 aromatic heterocycles. The quantitative estimate of drug-likeness (QED) is 0.621. The van der Waals surface area contributed by atoms with Crippen molar-refractivity contribution in [3.8, 4) is 11.8 Å². The van der Waals surface area contributed by atoms with Gasteiger partial charge in [-0.15, -0.1) is 0 Å². The van der Waals surface area contributed by atoms with Crippen molar-refractivity contribution in [1.82, 2.24) is 0 Å². The van der Waals surface area contributed by atoms with Gasteiger partial charge in [0.15, 0.2) is 5.78 Å². The van der Waals surface area contributed by atoms with Crippen molar-refractivity contribution in [3.63, 3.8) is 0 Å². The number of hydrogen-bond donors (Lipinski definition) is 0. The lowest BCUT2D eigenvalue weighted by molar-refractivity contribution is 0.104. The van der Waals surface area contributed by atoms with E-state index >= 15 is 0 Å². The molecule has 2 aromatic carbocycles. The third-order valence-electron chi connectivity index (χ3n) is 3.45. The van der Waals surface area contributed by atoms with Gasteiger partial charge in [0.2, 0.25) is 0 Å². The van der Waals surface area contributed by atoms with Gasteiger partial charge >= 0.3 is 0 Å². The molecular weight excluding hydrogens is 310 g/mol. The zero-order valence-corrected chi connectivity index (χ0v) is 12.9. The maximum Gasteiger partial charge on any atom is 0.185 e. The third-order valence-corrected chi connectivity index (χ3v) is 3.69. The molecule has 3 rings (SSSR count). The number of nitriles is 1. The molecule has 0 unspecified atom stereocenters. The summed E-state index contributed by atoms with van der Waals surface area (Å²) in [6, 6.07) is 14.0. The van der Waals surface area contributed by atoms with Crippen LogP contribution in [0.1, 0.15) is 21.5 Å². The molecule has 0 bridgehead atoms. The molecule has 4 heteroatoms. The first kappa shape index (κ1) is 15.1. The van der Waals surface area contributed by atoms with Crippen LogP contribution in [0.5, 0.6) is 5.75 Å². The van der Waals surface area contributed by atoms with Crippen molar-refractivity contribution < 1.29 is 9.53 Å². The molecule has 3 nitrogen and oxygen atoms in total. The number of carbonyl (C=O) groups excluding carboxylic acids is 1. The number of benzene rings is 2. The Balaban J connectivity index is 1.77. The molecule has 0 amide bonds. The first-order chi connectivity index (χ1) is 11.2. The SMILES string of the molecule is N#Cc1ccc(C(=O)C=CC2=Cc3cc(Cl)ccc3OC2)cc1. The van der Waals surface area contributed by atoms with Gasteiger partial charge in [0.1, 0.15) is 12.4 Å². The lowest BCUT2D eigenvalue weighted by Crippen LogP contribution is -2.06. The summed E-state index contributed by atoms with van der Waals surface area (Å²) in [5.74, 6) is 0.664. The maximum atomic E-state index is 12.1. The predicted octanol–water partition coefficient (Wildman–Crippen LogP) is 4.43. The summed E-state index contributed by atoms with van der Waals surface area (Å²) in [6.07, 6.45) is 5.20. The Hall–Kier alpha value is -2.83. The third kappa shape index (κ3) is 3.50. The number of rotatable bonds is 3. The van der Waals surface area contributed by atoms with E-state index in [1.165, 1.54) is 6.08 Å². The molecule has 0 saturated heterocycles. The number of nitrogens with zero attached hydrogens (tertiary/aromatic N) is 1. The summed E-state index contributed by atoms with van der Waals surface area (Å²) in [6.45, 7) is 0.409. The fourth-order valence-electron chi connectivity index (χ4n) is 2.25. The van der Waals surface area contributed by atoms with Crippen LogP contribution in [0.25, 0.3) is 6.08 Å². The summed E-state index contributed by atoms with van der Waals surface area (Å²) >= 11 is 5.98. The number of carbonyl (C=O) groups is 1. The summed E-state index contributed by atoms with van der Waals surface area (Å²) in [4.78, 5) is 12.1. The lowest BCUT2D eigenvalue weighted by Gasteiger charge is -2.16. The highest BCUT2D eigenvalue weighted by molar-refractivity contribution is 6.30. The van der Waals surface area contributed by atoms with Crippen LogP contribution in [-0.2, 0) is 0 Å². The molecule has 2 aromatic rings. The summed E-state index contributed by atoms with van der Waals surface area (Å²) < 4.78 is 5.63. The lowest BCUT2D eigenvalue weighted by atomic mass is 10.0. The van der Waals surface area contributed by atoms with E-state index in [4.69, 9.17) is 21.6 Å². The Kier molecular flexibility index (Phi) is 4.27. The number of ether oxygens (including phenoxy) is 1. The molecule has 1 aliphatic heterocycles. The van der Waals surface area contributed by atoms with Crippen molar-refractivity contribution >= 4 is 23.5 Å². The standard InChI is InChI=1S/C19H12ClNO2/c20-17-6-8-19-16(10-17)9-14(12-23-19)3-7-18(22)15-4-1-13(11-21)2-5-15/h1-10H,12H2. The maximum absolute atomic E-state index is 12.1. The Morgan fingerprint density at radius 3 is 2.74 bits per heavy atom. The molecule has 0 atom stereocenters. The van der Waals surface area contributed by atoms with Crippen LogP contribution >= 0.6 is 11.6 Å². The van der Waals surface area contributed by atoms with Gasteiger partial charge in [-0.2, -0.15) is 5.26 Å². The topological polar surface area (TPSA) is 50.1 Å². The monoisotopic (exact) mass is 321 g/mol. The number of allylic oxidation sites excluding steroid dienone is 1. The van der Waals surface area contributed by atoms with Gasteiger partial charge in [-0.25, -0.2) is 0 Å². The van der Waals surface area contributed by atoms with Gasteiger partial charge in [-0.3, -0.25) is 4.79 Å². The largest absolute Gasteiger partial charge is 0.488 e. The Morgan fingerprint density at radius 1 is 1.22 bits per heavy atom. The van der Waals surface area contributed by atoms with Gasteiger partial charge in [0, 0.05) is 16.1 Å². The second kappa shape index (κ2) is 6.51. The van der Waals surface area contributed by atoms with Gasteiger partial charge in [-0.05, 0) is 60.2 Å². The molecule has 112 valence electrons. The van der Waals surface area contributed by atoms with E-state index < -0.39 is 0 Å². The van der Waals surface area contributed by atoms with Crippen molar-refractivity contribution in [1.29, 1.82) is 5.26 Å². The van der Waals surface area contributed by atoms with Gasteiger partial charge < -0.3 is 4.74 Å². The first-order valence-corrected chi connectivity index (χ1v) is 7.39. The molecular formula is C19H12ClNO2. The zero-order chi connectivity index (χ0) is 16.2. The highest BCUT2D eigenvalue weighted by Gasteiger charge is 2.10. The van der Waals surface area contributed by atoms with Gasteiger partial charge in [-0.1, -0.05) is 17.7 Å². The number of hydrogen-bond acceptors (Lipinski definition) is 3. The van der Waals surface area contributed by atoms with Crippen LogP contribution in [0.2, 0.25) is 5.02 Å². The van der Waals surface area contributed by atoms with E-state index in [1.54, 1.807) is 36.4 Å². The summed E-state index contributed by atoms with van der Waals surface area (Å²) in [5.41, 5.74) is 2.86. The van der Waals surface area contributed by atoms with Crippen molar-refractivity contribution in [2.75, 3.05) is 6.61 Å². The van der Waals surface area contributed by atoms with Crippen molar-refractivity contribution in [2.45, 2.75) is 0 Å². The van der Waals surface area contributed by atoms with E-state index in [0.717, 1.165) is 16.9 Å². The molecule has 1 aliphatic rings. The molecule has 1 heterocycles. The average molecular weight is 322 g/mol. The Bertz CT molecular complexity index is 858. The van der Waals surface area contributed by atoms with Crippen LogP contribution < -0.4 is 4.74 Å². The van der Waals surface area contributed by atoms with Crippen LogP contribution in [0.4, 0.5) is 0 Å². The van der Waals surface area contributed by atoms with Crippen molar-refractivity contribution in [3.05, 3.63) is 81.9 Å². The van der Waals surface area contributed by atoms with E-state index in [2.05, 4.69) is 0 Å². The number of ketones is 1. The van der Waals surface area contributed by atoms with Crippen molar-refractivity contribution in [2.24, 2.45) is 0 Å². The smallest absolute Gasteiger partial charge is 0.185 e. The van der Waals surface area contributed by atoms with Crippen LogP contribution in [-0.4, -0.2) is 12.4 Å². The minimum Gasteiger partial charge on any atom is -0.488 e. The molecule has 0 spiro atoms. The van der Waals surface area contributed by atoms with E-state index in [9.17, 15) is 4.79 Å². The molecule has 0 saturated carbocycles. The highest BCUT2D eigenvalue weighted by Crippen LogP contribution is 2.29. The van der Waals surface area contributed by atoms with E-state index in [0.29, 0.717) is 22.8 Å². The highest BCUT2D eigenvalue weighted by atomic mass is 35.5. The second-order valence-corrected chi connectivity index (χ2v) is 5.51. The van der Waals surface area contributed by atoms with Crippen LogP contribution in [0, 0.1) is 11.3 Å². The molecule has 0 fully saturated rings. The average Bonchev–Trinajstić information content (AvgIpc) is 2.59. The molecule has 0 aliphatic carbocycles. The van der Waals surface area contributed by atoms with E-state index in [-0.39, 0.29) is 5.78 Å². The minimum absolute atomic E-state index is 0.118. The molecule has 0 radical (unpaired) electrons. The first-order valence-electron chi connectivity index (χ1n) is 7.01. The van der Waals surface area contributed by atoms with E-state index in [1.807, 2.05) is 24.3 Å². The van der Waals surface area contributed by atoms with Crippen LogP contribution in [0.15, 0.2) is 60.2 Å². The fourth-order valence-corrected chi connectivity index (χ4v) is 2.43. The zero-order valence-electron chi connectivity index (χ0n) is 12.1. The molecule has 23 heavy (non-hydrogen) atoms. The predicted molar refractivity (Wildman–Crippen MR) is 89.6 cm³/mol.